The molecule has 3 nitrogen and oxygen atoms in total. The minimum atomic E-state index is -2.45. The van der Waals surface area contributed by atoms with Gasteiger partial charge >= 0.3 is 0 Å². The van der Waals surface area contributed by atoms with E-state index < -0.39 is 5.76 Å². The first-order chi connectivity index (χ1) is 10.9. The van der Waals surface area contributed by atoms with Crippen LogP contribution in [-0.2, 0) is 0 Å². The molecular weight excluding hydrogens is 338 g/mol. The number of amides is 1. The number of alkyl halides is 2. The van der Waals surface area contributed by atoms with E-state index in [2.05, 4.69) is 10.6 Å². The molecule has 0 fully saturated rings. The highest BCUT2D eigenvalue weighted by Crippen LogP contribution is 2.26. The van der Waals surface area contributed by atoms with E-state index in [0.29, 0.717) is 27.9 Å². The van der Waals surface area contributed by atoms with Crippen LogP contribution in [-0.4, -0.2) is 16.8 Å². The Morgan fingerprint density at radius 2 is 1.70 bits per heavy atom. The van der Waals surface area contributed by atoms with E-state index >= 15 is 0 Å². The van der Waals surface area contributed by atoms with Crippen molar-refractivity contribution in [2.45, 2.75) is 17.6 Å². The summed E-state index contributed by atoms with van der Waals surface area (Å²) in [5, 5.41) is 5.55. The zero-order valence-corrected chi connectivity index (χ0v) is 13.8. The minimum absolute atomic E-state index is 0.143. The van der Waals surface area contributed by atoms with Crippen molar-refractivity contribution in [2.75, 3.05) is 5.32 Å². The summed E-state index contributed by atoms with van der Waals surface area (Å²) in [5.74, 6) is -2.77. The molecule has 0 saturated heterocycles. The van der Waals surface area contributed by atoms with E-state index in [0.717, 1.165) is 5.56 Å². The summed E-state index contributed by atoms with van der Waals surface area (Å²) in [5.41, 5.74) is 2.17. The molecule has 1 amide bonds. The SMILES string of the molecule is Cc1ccc(C(=O)NC(=S)Nc2ccc(SC(F)F)cc2)cc1. The Morgan fingerprint density at radius 3 is 2.26 bits per heavy atom. The number of anilines is 1. The van der Waals surface area contributed by atoms with Crippen molar-refractivity contribution in [1.29, 1.82) is 0 Å². The summed E-state index contributed by atoms with van der Waals surface area (Å²) in [6.07, 6.45) is 0. The zero-order valence-electron chi connectivity index (χ0n) is 12.2. The first kappa shape index (κ1) is 17.4. The van der Waals surface area contributed by atoms with Gasteiger partial charge in [0.2, 0.25) is 0 Å². The molecular formula is C16H14F2N2OS2. The maximum Gasteiger partial charge on any atom is 0.288 e. The van der Waals surface area contributed by atoms with Crippen LogP contribution in [0.4, 0.5) is 14.5 Å². The molecule has 0 spiro atoms. The number of hydrogen-bond donors (Lipinski definition) is 2. The smallest absolute Gasteiger partial charge is 0.288 e. The largest absolute Gasteiger partial charge is 0.332 e. The second-order valence-corrected chi connectivity index (χ2v) is 6.15. The summed E-state index contributed by atoms with van der Waals surface area (Å²) in [7, 11) is 0. The van der Waals surface area contributed by atoms with Crippen LogP contribution in [0, 0.1) is 6.92 Å². The van der Waals surface area contributed by atoms with E-state index in [-0.39, 0.29) is 11.0 Å². The number of halogens is 2. The van der Waals surface area contributed by atoms with E-state index in [1.54, 1.807) is 36.4 Å². The van der Waals surface area contributed by atoms with Gasteiger partial charge in [-0.3, -0.25) is 10.1 Å². The van der Waals surface area contributed by atoms with Gasteiger partial charge in [0.1, 0.15) is 0 Å². The monoisotopic (exact) mass is 352 g/mol. The van der Waals surface area contributed by atoms with Crippen molar-refractivity contribution in [3.8, 4) is 0 Å². The third kappa shape index (κ3) is 5.61. The van der Waals surface area contributed by atoms with Gasteiger partial charge in [-0.05, 0) is 55.5 Å². The van der Waals surface area contributed by atoms with Gasteiger partial charge in [0.15, 0.2) is 5.11 Å². The molecule has 2 rings (SSSR count). The van der Waals surface area contributed by atoms with Crippen molar-refractivity contribution in [1.82, 2.24) is 5.32 Å². The Bertz CT molecular complexity index is 688. The number of nitrogens with one attached hydrogen (secondary N) is 2. The Balaban J connectivity index is 1.91. The van der Waals surface area contributed by atoms with Crippen LogP contribution in [0.25, 0.3) is 0 Å². The van der Waals surface area contributed by atoms with Crippen molar-refractivity contribution in [3.05, 3.63) is 59.7 Å². The lowest BCUT2D eigenvalue weighted by Gasteiger charge is -2.10. The number of hydrogen-bond acceptors (Lipinski definition) is 3. The van der Waals surface area contributed by atoms with E-state index in [1.807, 2.05) is 19.1 Å². The van der Waals surface area contributed by atoms with Crippen molar-refractivity contribution < 1.29 is 13.6 Å². The molecule has 0 heterocycles. The van der Waals surface area contributed by atoms with E-state index in [9.17, 15) is 13.6 Å². The molecule has 0 bridgehead atoms. The third-order valence-corrected chi connectivity index (χ3v) is 3.80. The Kier molecular flexibility index (Phi) is 6.06. The Labute approximate surface area is 142 Å². The fourth-order valence-corrected chi connectivity index (χ4v) is 2.47. The highest BCUT2D eigenvalue weighted by atomic mass is 32.2. The molecule has 23 heavy (non-hydrogen) atoms. The molecule has 0 atom stereocenters. The van der Waals surface area contributed by atoms with Crippen LogP contribution >= 0.6 is 24.0 Å². The van der Waals surface area contributed by atoms with Gasteiger partial charge in [-0.1, -0.05) is 29.5 Å². The average Bonchev–Trinajstić information content (AvgIpc) is 2.49. The quantitative estimate of drug-likeness (QED) is 0.631. The molecule has 7 heteroatoms. The lowest BCUT2D eigenvalue weighted by atomic mass is 10.1. The van der Waals surface area contributed by atoms with Gasteiger partial charge in [0.25, 0.3) is 11.7 Å². The van der Waals surface area contributed by atoms with Gasteiger partial charge in [0.05, 0.1) is 0 Å². The summed E-state index contributed by atoms with van der Waals surface area (Å²) in [4.78, 5) is 12.5. The number of carbonyl (C=O) groups is 1. The summed E-state index contributed by atoms with van der Waals surface area (Å²) in [6, 6.07) is 13.5. The van der Waals surface area contributed by atoms with Crippen molar-refractivity contribution in [2.24, 2.45) is 0 Å². The van der Waals surface area contributed by atoms with Crippen LogP contribution in [0.15, 0.2) is 53.4 Å². The molecule has 0 saturated carbocycles. The predicted molar refractivity (Wildman–Crippen MR) is 93.2 cm³/mol. The fourth-order valence-electron chi connectivity index (χ4n) is 1.76. The topological polar surface area (TPSA) is 41.1 Å². The van der Waals surface area contributed by atoms with E-state index in [4.69, 9.17) is 12.2 Å². The third-order valence-electron chi connectivity index (χ3n) is 2.88. The molecule has 2 N–H and O–H groups in total. The Morgan fingerprint density at radius 1 is 1.09 bits per heavy atom. The maximum absolute atomic E-state index is 12.2. The van der Waals surface area contributed by atoms with Gasteiger partial charge in [-0.2, -0.15) is 8.78 Å². The van der Waals surface area contributed by atoms with Gasteiger partial charge in [-0.25, -0.2) is 0 Å². The molecule has 0 aromatic heterocycles. The highest BCUT2D eigenvalue weighted by molar-refractivity contribution is 7.99. The summed E-state index contributed by atoms with van der Waals surface area (Å²) >= 11 is 5.54. The summed E-state index contributed by atoms with van der Waals surface area (Å²) in [6.45, 7) is 1.93. The lowest BCUT2D eigenvalue weighted by molar-refractivity contribution is 0.0977. The van der Waals surface area contributed by atoms with Crippen LogP contribution in [0.1, 0.15) is 15.9 Å². The fraction of sp³-hybridized carbons (Fsp3) is 0.125. The van der Waals surface area contributed by atoms with Crippen molar-refractivity contribution >= 4 is 40.7 Å². The zero-order chi connectivity index (χ0) is 16.8. The Hall–Kier alpha value is -1.99. The molecule has 2 aromatic rings. The van der Waals surface area contributed by atoms with Crippen LogP contribution in [0.2, 0.25) is 0 Å². The number of carbonyl (C=O) groups excluding carboxylic acids is 1. The first-order valence-electron chi connectivity index (χ1n) is 6.68. The van der Waals surface area contributed by atoms with Gasteiger partial charge < -0.3 is 5.32 Å². The van der Waals surface area contributed by atoms with E-state index in [1.165, 1.54) is 0 Å². The van der Waals surface area contributed by atoms with Crippen LogP contribution < -0.4 is 10.6 Å². The normalized spacial score (nSPS) is 10.4. The lowest BCUT2D eigenvalue weighted by Crippen LogP contribution is -2.34. The second-order valence-electron chi connectivity index (χ2n) is 4.68. The van der Waals surface area contributed by atoms with Crippen LogP contribution in [0.5, 0.6) is 0 Å². The molecule has 2 aromatic carbocycles. The molecule has 120 valence electrons. The standard InChI is InChI=1S/C16H14F2N2OS2/c1-10-2-4-11(5-3-10)14(21)20-16(22)19-12-6-8-13(9-7-12)23-15(17)18/h2-9,15H,1H3,(H2,19,20,21,22). The number of thioether (sulfide) groups is 1. The average molecular weight is 352 g/mol. The summed E-state index contributed by atoms with van der Waals surface area (Å²) < 4.78 is 24.5. The van der Waals surface area contributed by atoms with Crippen molar-refractivity contribution in [3.63, 3.8) is 0 Å². The number of aryl methyl sites for hydroxylation is 1. The minimum Gasteiger partial charge on any atom is -0.332 e. The molecule has 0 aliphatic carbocycles. The highest BCUT2D eigenvalue weighted by Gasteiger charge is 2.08. The van der Waals surface area contributed by atoms with Gasteiger partial charge in [-0.15, -0.1) is 0 Å². The second kappa shape index (κ2) is 8.03. The molecule has 0 aliphatic heterocycles. The molecule has 0 radical (unpaired) electrons. The number of thiocarbonyl (C=S) groups is 1. The predicted octanol–water partition coefficient (Wildman–Crippen LogP) is 4.44. The molecule has 0 unspecified atom stereocenters. The number of benzene rings is 2. The first-order valence-corrected chi connectivity index (χ1v) is 7.97. The van der Waals surface area contributed by atoms with Gasteiger partial charge in [0, 0.05) is 16.1 Å². The maximum atomic E-state index is 12.2. The number of rotatable bonds is 4. The molecule has 0 aliphatic rings. The van der Waals surface area contributed by atoms with Crippen LogP contribution in [0.3, 0.4) is 0 Å².